The van der Waals surface area contributed by atoms with Crippen molar-refractivity contribution >= 4 is 5.82 Å². The fraction of sp³-hybridized carbons (Fsp3) is 0.688. The number of aromatic nitrogens is 1. The highest BCUT2D eigenvalue weighted by molar-refractivity contribution is 5.60. The van der Waals surface area contributed by atoms with E-state index in [1.54, 1.807) is 0 Å². The third-order valence-electron chi connectivity index (χ3n) is 4.16. The molecule has 1 aromatic rings. The minimum Gasteiger partial charge on any atom is -0.487 e. The van der Waals surface area contributed by atoms with Crippen LogP contribution in [0, 0.1) is 0 Å². The molecule has 0 radical (unpaired) electrons. The molecule has 2 aliphatic heterocycles. The zero-order valence-electron chi connectivity index (χ0n) is 12.6. The van der Waals surface area contributed by atoms with E-state index in [0.717, 1.165) is 44.2 Å². The van der Waals surface area contributed by atoms with Gasteiger partial charge in [0, 0.05) is 24.9 Å². The van der Waals surface area contributed by atoms with Crippen LogP contribution < -0.4 is 9.64 Å². The van der Waals surface area contributed by atoms with Crippen LogP contribution in [0.4, 0.5) is 5.82 Å². The van der Waals surface area contributed by atoms with Gasteiger partial charge in [-0.05, 0) is 24.8 Å². The molecule has 3 heterocycles. The molecule has 0 spiro atoms. The van der Waals surface area contributed by atoms with Crippen LogP contribution in [0.1, 0.15) is 45.1 Å². The third-order valence-corrected chi connectivity index (χ3v) is 4.16. The number of pyridine rings is 1. The molecule has 2 unspecified atom stereocenters. The van der Waals surface area contributed by atoms with Crippen molar-refractivity contribution in [3.8, 4) is 5.75 Å². The maximum Gasteiger partial charge on any atom is 0.172 e. The highest BCUT2D eigenvalue weighted by Crippen LogP contribution is 2.41. The van der Waals surface area contributed by atoms with Crippen LogP contribution >= 0.6 is 0 Å². The molecule has 0 aromatic carbocycles. The van der Waals surface area contributed by atoms with Crippen molar-refractivity contribution in [1.82, 2.24) is 4.98 Å². The predicted molar refractivity (Wildman–Crippen MR) is 79.6 cm³/mol. The molecule has 0 bridgehead atoms. The first-order valence-corrected chi connectivity index (χ1v) is 7.70. The highest BCUT2D eigenvalue weighted by Gasteiger charge is 2.39. The van der Waals surface area contributed by atoms with Crippen LogP contribution in [0.25, 0.3) is 0 Å². The standard InChI is InChI=1S/C16H24N2O2/c1-4-7-19-13-8-12-10-20-15-14(11(2)3)5-6-17-16(15)18(12)9-13/h5-6,11-13H,4,7-10H2,1-3H3. The summed E-state index contributed by atoms with van der Waals surface area (Å²) in [6.07, 6.45) is 4.34. The Kier molecular flexibility index (Phi) is 3.83. The number of nitrogens with zero attached hydrogens (tertiary/aromatic N) is 2. The lowest BCUT2D eigenvalue weighted by molar-refractivity contribution is 0.0655. The number of rotatable bonds is 4. The van der Waals surface area contributed by atoms with E-state index in [9.17, 15) is 0 Å². The van der Waals surface area contributed by atoms with Crippen molar-refractivity contribution in [2.75, 3.05) is 24.7 Å². The summed E-state index contributed by atoms with van der Waals surface area (Å²) in [5.74, 6) is 2.45. The van der Waals surface area contributed by atoms with Crippen molar-refractivity contribution in [3.05, 3.63) is 17.8 Å². The molecule has 0 N–H and O–H groups in total. The van der Waals surface area contributed by atoms with E-state index in [1.165, 1.54) is 5.56 Å². The number of ether oxygens (including phenoxy) is 2. The summed E-state index contributed by atoms with van der Waals surface area (Å²) in [6.45, 7) is 9.08. The molecule has 1 aromatic heterocycles. The monoisotopic (exact) mass is 276 g/mol. The van der Waals surface area contributed by atoms with Crippen LogP contribution in [0.15, 0.2) is 12.3 Å². The molecule has 0 amide bonds. The van der Waals surface area contributed by atoms with Gasteiger partial charge in [-0.25, -0.2) is 4.98 Å². The maximum absolute atomic E-state index is 6.02. The quantitative estimate of drug-likeness (QED) is 0.847. The second kappa shape index (κ2) is 5.60. The third kappa shape index (κ3) is 2.37. The molecule has 1 saturated heterocycles. The van der Waals surface area contributed by atoms with Gasteiger partial charge >= 0.3 is 0 Å². The van der Waals surface area contributed by atoms with Crippen molar-refractivity contribution in [1.29, 1.82) is 0 Å². The topological polar surface area (TPSA) is 34.6 Å². The number of fused-ring (bicyclic) bond motifs is 3. The zero-order valence-corrected chi connectivity index (χ0v) is 12.6. The second-order valence-electron chi connectivity index (χ2n) is 6.05. The lowest BCUT2D eigenvalue weighted by Crippen LogP contribution is -2.39. The summed E-state index contributed by atoms with van der Waals surface area (Å²) >= 11 is 0. The molecule has 20 heavy (non-hydrogen) atoms. The predicted octanol–water partition coefficient (Wildman–Crippen LogP) is 2.97. The Morgan fingerprint density at radius 1 is 1.50 bits per heavy atom. The average Bonchev–Trinajstić information content (AvgIpc) is 2.87. The first-order chi connectivity index (χ1) is 9.70. The molecular formula is C16H24N2O2. The van der Waals surface area contributed by atoms with Crippen LogP contribution in [0.5, 0.6) is 5.75 Å². The van der Waals surface area contributed by atoms with Gasteiger partial charge in [0.1, 0.15) is 6.61 Å². The molecule has 1 fully saturated rings. The first-order valence-electron chi connectivity index (χ1n) is 7.70. The smallest absolute Gasteiger partial charge is 0.172 e. The van der Waals surface area contributed by atoms with Crippen LogP contribution in [0.2, 0.25) is 0 Å². The fourth-order valence-electron chi connectivity index (χ4n) is 3.13. The molecular weight excluding hydrogens is 252 g/mol. The molecule has 0 saturated carbocycles. The Balaban J connectivity index is 1.83. The zero-order chi connectivity index (χ0) is 14.1. The van der Waals surface area contributed by atoms with E-state index >= 15 is 0 Å². The molecule has 0 aliphatic carbocycles. The Morgan fingerprint density at radius 3 is 3.10 bits per heavy atom. The first kappa shape index (κ1) is 13.7. The lowest BCUT2D eigenvalue weighted by Gasteiger charge is -2.33. The van der Waals surface area contributed by atoms with E-state index in [-0.39, 0.29) is 0 Å². The number of anilines is 1. The Morgan fingerprint density at radius 2 is 2.35 bits per heavy atom. The van der Waals surface area contributed by atoms with E-state index < -0.39 is 0 Å². The van der Waals surface area contributed by atoms with Gasteiger partial charge in [-0.15, -0.1) is 0 Å². The van der Waals surface area contributed by atoms with Crippen molar-refractivity contribution < 1.29 is 9.47 Å². The Bertz CT molecular complexity index is 476. The fourth-order valence-corrected chi connectivity index (χ4v) is 3.13. The summed E-state index contributed by atoms with van der Waals surface area (Å²) in [4.78, 5) is 6.95. The second-order valence-corrected chi connectivity index (χ2v) is 6.05. The summed E-state index contributed by atoms with van der Waals surface area (Å²) in [6, 6.07) is 2.49. The van der Waals surface area contributed by atoms with E-state index in [4.69, 9.17) is 9.47 Å². The molecule has 2 aliphatic rings. The van der Waals surface area contributed by atoms with Gasteiger partial charge in [0.25, 0.3) is 0 Å². The minimum atomic E-state index is 0.319. The van der Waals surface area contributed by atoms with Gasteiger partial charge in [0.2, 0.25) is 0 Å². The maximum atomic E-state index is 6.02. The summed E-state index contributed by atoms with van der Waals surface area (Å²) < 4.78 is 11.9. The summed E-state index contributed by atoms with van der Waals surface area (Å²) in [5, 5.41) is 0. The largest absolute Gasteiger partial charge is 0.487 e. The van der Waals surface area contributed by atoms with Crippen molar-refractivity contribution in [3.63, 3.8) is 0 Å². The minimum absolute atomic E-state index is 0.319. The molecule has 4 nitrogen and oxygen atoms in total. The van der Waals surface area contributed by atoms with Gasteiger partial charge in [0.05, 0.1) is 12.1 Å². The highest BCUT2D eigenvalue weighted by atomic mass is 16.5. The van der Waals surface area contributed by atoms with Crippen LogP contribution in [-0.4, -0.2) is 36.9 Å². The Hall–Kier alpha value is -1.29. The summed E-state index contributed by atoms with van der Waals surface area (Å²) in [7, 11) is 0. The SMILES string of the molecule is CCCOC1CC2COc3c(C(C)C)ccnc3N2C1. The van der Waals surface area contributed by atoms with E-state index in [1.807, 2.05) is 6.20 Å². The summed E-state index contributed by atoms with van der Waals surface area (Å²) in [5.41, 5.74) is 1.26. The van der Waals surface area contributed by atoms with Gasteiger partial charge in [0.15, 0.2) is 11.6 Å². The van der Waals surface area contributed by atoms with E-state index in [0.29, 0.717) is 18.1 Å². The lowest BCUT2D eigenvalue weighted by atomic mass is 10.0. The van der Waals surface area contributed by atoms with Crippen molar-refractivity contribution in [2.24, 2.45) is 0 Å². The normalized spacial score (nSPS) is 24.5. The van der Waals surface area contributed by atoms with E-state index in [2.05, 4.69) is 36.7 Å². The number of hydrogen-bond donors (Lipinski definition) is 0. The van der Waals surface area contributed by atoms with Crippen LogP contribution in [0.3, 0.4) is 0 Å². The van der Waals surface area contributed by atoms with Gasteiger partial charge in [-0.1, -0.05) is 20.8 Å². The van der Waals surface area contributed by atoms with Crippen molar-refractivity contribution in [2.45, 2.75) is 51.7 Å². The molecule has 110 valence electrons. The number of hydrogen-bond acceptors (Lipinski definition) is 4. The van der Waals surface area contributed by atoms with Gasteiger partial charge < -0.3 is 14.4 Å². The molecule has 3 rings (SSSR count). The van der Waals surface area contributed by atoms with Crippen LogP contribution in [-0.2, 0) is 4.74 Å². The van der Waals surface area contributed by atoms with Gasteiger partial charge in [-0.2, -0.15) is 0 Å². The average molecular weight is 276 g/mol. The van der Waals surface area contributed by atoms with Gasteiger partial charge in [-0.3, -0.25) is 0 Å². The molecule has 2 atom stereocenters. The molecule has 4 heteroatoms. The Labute approximate surface area is 121 Å².